The molecule has 0 aromatic carbocycles. The van der Waals surface area contributed by atoms with Crippen molar-refractivity contribution >= 4 is 33.1 Å². The fourth-order valence-electron chi connectivity index (χ4n) is 3.27. The van der Waals surface area contributed by atoms with Gasteiger partial charge in [-0.05, 0) is 45.1 Å². The molecule has 1 aliphatic rings. The highest BCUT2D eigenvalue weighted by molar-refractivity contribution is 7.19. The quantitative estimate of drug-likeness (QED) is 0.746. The minimum absolute atomic E-state index is 0.915. The van der Waals surface area contributed by atoms with Gasteiger partial charge in [0.15, 0.2) is 5.65 Å². The fraction of sp³-hybridized carbons (Fsp3) is 0.533. The van der Waals surface area contributed by atoms with Gasteiger partial charge in [-0.1, -0.05) is 0 Å². The van der Waals surface area contributed by atoms with Gasteiger partial charge in [0.25, 0.3) is 0 Å². The van der Waals surface area contributed by atoms with E-state index in [0.29, 0.717) is 0 Å². The predicted molar refractivity (Wildman–Crippen MR) is 86.4 cm³/mol. The van der Waals surface area contributed by atoms with Crippen LogP contribution >= 0.6 is 11.3 Å². The molecule has 0 unspecified atom stereocenters. The van der Waals surface area contributed by atoms with Crippen LogP contribution in [-0.2, 0) is 12.8 Å². The monoisotopic (exact) mass is 301 g/mol. The molecule has 0 spiro atoms. The maximum Gasteiger partial charge on any atom is 0.229 e. The number of aryl methyl sites for hydroxylation is 2. The van der Waals surface area contributed by atoms with Gasteiger partial charge in [-0.25, -0.2) is 9.97 Å². The van der Waals surface area contributed by atoms with Gasteiger partial charge in [0.2, 0.25) is 5.95 Å². The van der Waals surface area contributed by atoms with E-state index < -0.39 is 0 Å². The molecule has 0 radical (unpaired) electrons. The second-order valence-electron chi connectivity index (χ2n) is 5.47. The van der Waals surface area contributed by atoms with Crippen LogP contribution in [0.1, 0.15) is 37.1 Å². The van der Waals surface area contributed by atoms with Gasteiger partial charge in [0, 0.05) is 18.0 Å². The van der Waals surface area contributed by atoms with Gasteiger partial charge in [-0.3, -0.25) is 0 Å². The van der Waals surface area contributed by atoms with Crippen molar-refractivity contribution in [2.24, 2.45) is 0 Å². The van der Waals surface area contributed by atoms with Gasteiger partial charge in [0.1, 0.15) is 11.2 Å². The summed E-state index contributed by atoms with van der Waals surface area (Å²) >= 11 is 1.85. The maximum absolute atomic E-state index is 4.93. The highest BCUT2D eigenvalue weighted by atomic mass is 32.1. The van der Waals surface area contributed by atoms with Crippen molar-refractivity contribution in [2.75, 3.05) is 18.0 Å². The summed E-state index contributed by atoms with van der Waals surface area (Å²) in [5, 5.41) is 5.66. The van der Waals surface area contributed by atoms with Crippen LogP contribution in [0.5, 0.6) is 0 Å². The summed E-state index contributed by atoms with van der Waals surface area (Å²) in [5.41, 5.74) is 2.44. The zero-order valence-corrected chi connectivity index (χ0v) is 13.3. The smallest absolute Gasteiger partial charge is 0.229 e. The third kappa shape index (κ3) is 1.85. The number of rotatable bonds is 3. The molecule has 21 heavy (non-hydrogen) atoms. The Labute approximate surface area is 127 Å². The predicted octanol–water partition coefficient (Wildman–Crippen LogP) is 3.06. The van der Waals surface area contributed by atoms with Crippen molar-refractivity contribution in [3.8, 4) is 0 Å². The van der Waals surface area contributed by atoms with Crippen LogP contribution in [-0.4, -0.2) is 32.7 Å². The molecule has 3 heterocycles. The molecule has 0 amide bonds. The van der Waals surface area contributed by atoms with Crippen LogP contribution in [0, 0.1) is 0 Å². The van der Waals surface area contributed by atoms with Crippen LogP contribution in [0.4, 0.5) is 5.95 Å². The summed E-state index contributed by atoms with van der Waals surface area (Å²) < 4.78 is 1.91. The van der Waals surface area contributed by atoms with Gasteiger partial charge >= 0.3 is 0 Å². The lowest BCUT2D eigenvalue weighted by molar-refractivity contribution is 0.700. The molecular formula is C15H19N5S. The minimum atomic E-state index is 0.915. The Kier molecular flexibility index (Phi) is 3.06. The number of aromatic nitrogens is 4. The lowest BCUT2D eigenvalue weighted by Gasteiger charge is -2.20. The normalized spacial score (nSPS) is 14.8. The third-order valence-corrected chi connectivity index (χ3v) is 5.55. The molecule has 0 N–H and O–H groups in total. The molecule has 1 aliphatic carbocycles. The molecule has 110 valence electrons. The number of fused-ring (bicyclic) bond motifs is 5. The molecule has 0 bridgehead atoms. The fourth-order valence-corrected chi connectivity index (χ4v) is 4.52. The number of hydrogen-bond donors (Lipinski definition) is 0. The zero-order chi connectivity index (χ0) is 14.4. The van der Waals surface area contributed by atoms with Crippen molar-refractivity contribution in [3.05, 3.63) is 16.8 Å². The first kappa shape index (κ1) is 13.0. The molecule has 3 aromatic rings. The molecule has 0 atom stereocenters. The SMILES string of the molecule is CCN(CC)c1nc2sc3c(c2c2ncnn12)CCCC3. The van der Waals surface area contributed by atoms with E-state index in [9.17, 15) is 0 Å². The first-order valence-corrected chi connectivity index (χ1v) is 8.54. The standard InChI is InChI=1S/C15H19N5S/c1-3-19(4-2)15-18-14-12(13-16-9-17-20(13)15)10-7-5-6-8-11(10)21-14/h9H,3-8H2,1-2H3. The number of anilines is 1. The molecule has 3 aromatic heterocycles. The van der Waals surface area contributed by atoms with Crippen LogP contribution in [0.25, 0.3) is 15.9 Å². The van der Waals surface area contributed by atoms with E-state index in [4.69, 9.17) is 4.98 Å². The number of thiophene rings is 1. The topological polar surface area (TPSA) is 46.3 Å². The van der Waals surface area contributed by atoms with Crippen molar-refractivity contribution in [2.45, 2.75) is 39.5 Å². The Hall–Kier alpha value is -1.69. The van der Waals surface area contributed by atoms with Crippen molar-refractivity contribution < 1.29 is 0 Å². The molecule has 5 nitrogen and oxygen atoms in total. The summed E-state index contributed by atoms with van der Waals surface area (Å²) in [6, 6.07) is 0. The number of nitrogens with zero attached hydrogens (tertiary/aromatic N) is 5. The molecule has 0 saturated heterocycles. The van der Waals surface area contributed by atoms with Gasteiger partial charge in [-0.15, -0.1) is 11.3 Å². The van der Waals surface area contributed by atoms with E-state index in [2.05, 4.69) is 28.8 Å². The lowest BCUT2D eigenvalue weighted by atomic mass is 9.97. The second-order valence-corrected chi connectivity index (χ2v) is 6.55. The Morgan fingerprint density at radius 3 is 2.86 bits per heavy atom. The van der Waals surface area contributed by atoms with Gasteiger partial charge < -0.3 is 4.90 Å². The summed E-state index contributed by atoms with van der Waals surface area (Å²) in [6.45, 7) is 6.15. The van der Waals surface area contributed by atoms with E-state index in [-0.39, 0.29) is 0 Å². The Morgan fingerprint density at radius 2 is 2.05 bits per heavy atom. The lowest BCUT2D eigenvalue weighted by Crippen LogP contribution is -2.25. The largest absolute Gasteiger partial charge is 0.341 e. The highest BCUT2D eigenvalue weighted by Gasteiger charge is 2.22. The number of hydrogen-bond acceptors (Lipinski definition) is 5. The molecule has 0 aliphatic heterocycles. The van der Waals surface area contributed by atoms with Gasteiger partial charge in [0.05, 0.1) is 5.39 Å². The van der Waals surface area contributed by atoms with Crippen LogP contribution in [0.2, 0.25) is 0 Å². The Balaban J connectivity index is 2.06. The third-order valence-electron chi connectivity index (χ3n) is 4.36. The van der Waals surface area contributed by atoms with E-state index in [1.807, 2.05) is 15.9 Å². The molecule has 0 saturated carbocycles. The average Bonchev–Trinajstić information content (AvgIpc) is 3.11. The summed E-state index contributed by atoms with van der Waals surface area (Å²) in [4.78, 5) is 14.3. The van der Waals surface area contributed by atoms with E-state index >= 15 is 0 Å². The molecule has 4 rings (SSSR count). The summed E-state index contributed by atoms with van der Waals surface area (Å²) in [6.07, 6.45) is 6.57. The van der Waals surface area contributed by atoms with E-state index in [1.165, 1.54) is 35.1 Å². The second kappa shape index (κ2) is 4.94. The maximum atomic E-state index is 4.93. The van der Waals surface area contributed by atoms with Crippen molar-refractivity contribution in [1.29, 1.82) is 0 Å². The minimum Gasteiger partial charge on any atom is -0.341 e. The highest BCUT2D eigenvalue weighted by Crippen LogP contribution is 2.38. The van der Waals surface area contributed by atoms with Crippen LogP contribution in [0.15, 0.2) is 6.33 Å². The Morgan fingerprint density at radius 1 is 1.24 bits per heavy atom. The van der Waals surface area contributed by atoms with Gasteiger partial charge in [-0.2, -0.15) is 9.61 Å². The Bertz CT molecular complexity index is 799. The molecule has 6 heteroatoms. The van der Waals surface area contributed by atoms with Crippen molar-refractivity contribution in [3.63, 3.8) is 0 Å². The zero-order valence-electron chi connectivity index (χ0n) is 12.5. The average molecular weight is 301 g/mol. The summed E-state index contributed by atoms with van der Waals surface area (Å²) in [7, 11) is 0. The summed E-state index contributed by atoms with van der Waals surface area (Å²) in [5.74, 6) is 0.915. The van der Waals surface area contributed by atoms with Crippen LogP contribution in [0.3, 0.4) is 0 Å². The molecular weight excluding hydrogens is 282 g/mol. The van der Waals surface area contributed by atoms with Crippen LogP contribution < -0.4 is 4.90 Å². The first-order chi connectivity index (χ1) is 10.3. The van der Waals surface area contributed by atoms with E-state index in [0.717, 1.165) is 35.9 Å². The van der Waals surface area contributed by atoms with Crippen molar-refractivity contribution in [1.82, 2.24) is 19.6 Å². The first-order valence-electron chi connectivity index (χ1n) is 7.72. The molecule has 0 fully saturated rings. The van der Waals surface area contributed by atoms with E-state index in [1.54, 1.807) is 6.33 Å².